The third kappa shape index (κ3) is 4.87. The van der Waals surface area contributed by atoms with Crippen molar-refractivity contribution in [2.45, 2.75) is 13.3 Å². The first kappa shape index (κ1) is 20.1. The van der Waals surface area contributed by atoms with E-state index in [0.29, 0.717) is 22.9 Å². The zero-order chi connectivity index (χ0) is 21.1. The molecule has 0 spiro atoms. The zero-order valence-electron chi connectivity index (χ0n) is 16.0. The lowest BCUT2D eigenvalue weighted by Crippen LogP contribution is -2.19. The van der Waals surface area contributed by atoms with Gasteiger partial charge in [0.2, 0.25) is 0 Å². The second kappa shape index (κ2) is 8.69. The molecule has 0 aliphatic carbocycles. The van der Waals surface area contributed by atoms with Gasteiger partial charge in [0.15, 0.2) is 11.7 Å². The third-order valence-electron chi connectivity index (χ3n) is 4.38. The minimum absolute atomic E-state index is 0.189. The van der Waals surface area contributed by atoms with Gasteiger partial charge in [-0.15, -0.1) is 11.3 Å². The molecule has 152 valence electrons. The molecule has 4 aromatic rings. The molecule has 2 heterocycles. The summed E-state index contributed by atoms with van der Waals surface area (Å²) in [6, 6.07) is 14.0. The number of benzene rings is 2. The molecule has 2 aromatic heterocycles. The number of ether oxygens (including phenoxy) is 1. The summed E-state index contributed by atoms with van der Waals surface area (Å²) < 4.78 is 10.6. The van der Waals surface area contributed by atoms with Crippen LogP contribution in [0.4, 0.5) is 5.13 Å². The molecular weight excluding hydrogens is 424 g/mol. The minimum atomic E-state index is -0.440. The molecule has 1 N–H and O–H groups in total. The van der Waals surface area contributed by atoms with Gasteiger partial charge in [0, 0.05) is 40.0 Å². The van der Waals surface area contributed by atoms with Crippen molar-refractivity contribution < 1.29 is 13.9 Å². The van der Waals surface area contributed by atoms with Gasteiger partial charge in [-0.3, -0.25) is 10.1 Å². The van der Waals surface area contributed by atoms with Crippen molar-refractivity contribution in [1.82, 2.24) is 4.98 Å². The molecule has 0 fully saturated rings. The van der Waals surface area contributed by atoms with Gasteiger partial charge >= 0.3 is 5.63 Å². The Labute approximate surface area is 181 Å². The van der Waals surface area contributed by atoms with E-state index >= 15 is 0 Å². The van der Waals surface area contributed by atoms with Crippen LogP contribution >= 0.6 is 22.9 Å². The molecular formula is C22H17ClN2O4S. The first-order chi connectivity index (χ1) is 14.5. The van der Waals surface area contributed by atoms with E-state index in [2.05, 4.69) is 10.3 Å². The van der Waals surface area contributed by atoms with Gasteiger partial charge in [0.05, 0.1) is 0 Å². The number of aromatic nitrogens is 1. The smallest absolute Gasteiger partial charge is 0.336 e. The zero-order valence-corrected chi connectivity index (χ0v) is 17.5. The standard InChI is InChI=1S/C22H17ClN2O4S/c1-13-2-3-14(9-18(13)23)8-17-11-24-22(30-17)25-20(26)12-28-16-6-4-15-5-7-21(27)29-19(15)10-16/h2-7,9-11H,8,12H2,1H3,(H,24,25,26). The van der Waals surface area contributed by atoms with Crippen LogP contribution in [0.1, 0.15) is 16.0 Å². The number of carbonyl (C=O) groups is 1. The molecule has 0 saturated heterocycles. The summed E-state index contributed by atoms with van der Waals surface area (Å²) in [6.45, 7) is 1.77. The molecule has 0 atom stereocenters. The number of aryl methyl sites for hydroxylation is 1. The van der Waals surface area contributed by atoms with Crippen LogP contribution in [0, 0.1) is 6.92 Å². The molecule has 6 nitrogen and oxygen atoms in total. The molecule has 0 bridgehead atoms. The Morgan fingerprint density at radius 1 is 1.20 bits per heavy atom. The monoisotopic (exact) mass is 440 g/mol. The molecule has 0 radical (unpaired) electrons. The van der Waals surface area contributed by atoms with Crippen molar-refractivity contribution in [1.29, 1.82) is 0 Å². The number of nitrogens with zero attached hydrogens (tertiary/aromatic N) is 1. The molecule has 0 unspecified atom stereocenters. The van der Waals surface area contributed by atoms with Crippen LogP contribution in [-0.4, -0.2) is 17.5 Å². The van der Waals surface area contributed by atoms with E-state index in [1.54, 1.807) is 30.5 Å². The van der Waals surface area contributed by atoms with Crippen molar-refractivity contribution in [2.75, 3.05) is 11.9 Å². The topological polar surface area (TPSA) is 81.4 Å². The molecule has 8 heteroatoms. The van der Waals surface area contributed by atoms with Crippen molar-refractivity contribution in [3.8, 4) is 5.75 Å². The van der Waals surface area contributed by atoms with E-state index in [4.69, 9.17) is 20.8 Å². The van der Waals surface area contributed by atoms with Crippen LogP contribution in [0.2, 0.25) is 5.02 Å². The fourth-order valence-electron chi connectivity index (χ4n) is 2.83. The lowest BCUT2D eigenvalue weighted by atomic mass is 10.1. The van der Waals surface area contributed by atoms with Gasteiger partial charge in [-0.2, -0.15) is 0 Å². The van der Waals surface area contributed by atoms with Gasteiger partial charge in [0.25, 0.3) is 5.91 Å². The van der Waals surface area contributed by atoms with Crippen LogP contribution in [0.5, 0.6) is 5.75 Å². The predicted molar refractivity (Wildman–Crippen MR) is 118 cm³/mol. The lowest BCUT2D eigenvalue weighted by molar-refractivity contribution is -0.118. The number of hydrogen-bond acceptors (Lipinski definition) is 6. The van der Waals surface area contributed by atoms with Crippen LogP contribution in [0.3, 0.4) is 0 Å². The molecule has 30 heavy (non-hydrogen) atoms. The van der Waals surface area contributed by atoms with Crippen LogP contribution < -0.4 is 15.7 Å². The molecule has 0 aliphatic rings. The highest BCUT2D eigenvalue weighted by Crippen LogP contribution is 2.24. The maximum Gasteiger partial charge on any atom is 0.336 e. The quantitative estimate of drug-likeness (QED) is 0.435. The van der Waals surface area contributed by atoms with Crippen LogP contribution in [0.25, 0.3) is 11.0 Å². The Morgan fingerprint density at radius 3 is 2.87 bits per heavy atom. The third-order valence-corrected chi connectivity index (χ3v) is 5.70. The fraction of sp³-hybridized carbons (Fsp3) is 0.136. The van der Waals surface area contributed by atoms with Gasteiger partial charge in [-0.25, -0.2) is 9.78 Å². The number of amides is 1. The molecule has 2 aromatic carbocycles. The summed E-state index contributed by atoms with van der Waals surface area (Å²) in [5.74, 6) is 0.104. The number of nitrogens with one attached hydrogen (secondary N) is 1. The Morgan fingerprint density at radius 2 is 2.03 bits per heavy atom. The van der Waals surface area contributed by atoms with Crippen molar-refractivity contribution in [3.63, 3.8) is 0 Å². The lowest BCUT2D eigenvalue weighted by Gasteiger charge is -2.06. The maximum absolute atomic E-state index is 12.2. The Balaban J connectivity index is 1.34. The van der Waals surface area contributed by atoms with Crippen molar-refractivity contribution >= 4 is 44.9 Å². The first-order valence-corrected chi connectivity index (χ1v) is 10.3. The minimum Gasteiger partial charge on any atom is -0.484 e. The van der Waals surface area contributed by atoms with E-state index in [1.165, 1.54) is 17.4 Å². The van der Waals surface area contributed by atoms with Crippen molar-refractivity contribution in [3.05, 3.63) is 86.2 Å². The number of rotatable bonds is 6. The summed E-state index contributed by atoms with van der Waals surface area (Å²) in [5.41, 5.74) is 2.08. The average molecular weight is 441 g/mol. The van der Waals surface area contributed by atoms with Crippen LogP contribution in [-0.2, 0) is 11.2 Å². The normalized spacial score (nSPS) is 10.9. The summed E-state index contributed by atoms with van der Waals surface area (Å²) in [5, 5.41) is 4.74. The Hall–Kier alpha value is -3.16. The number of fused-ring (bicyclic) bond motifs is 1. The Kier molecular flexibility index (Phi) is 5.83. The number of hydrogen-bond donors (Lipinski definition) is 1. The van der Waals surface area contributed by atoms with E-state index in [9.17, 15) is 9.59 Å². The Bertz CT molecular complexity index is 1280. The number of anilines is 1. The SMILES string of the molecule is Cc1ccc(Cc2cnc(NC(=O)COc3ccc4ccc(=O)oc4c3)s2)cc1Cl. The molecule has 1 amide bonds. The van der Waals surface area contributed by atoms with E-state index in [0.717, 1.165) is 26.4 Å². The van der Waals surface area contributed by atoms with Crippen LogP contribution in [0.15, 0.2) is 63.9 Å². The highest BCUT2D eigenvalue weighted by molar-refractivity contribution is 7.15. The summed E-state index contributed by atoms with van der Waals surface area (Å²) >= 11 is 7.57. The summed E-state index contributed by atoms with van der Waals surface area (Å²) in [4.78, 5) is 28.8. The van der Waals surface area contributed by atoms with E-state index in [-0.39, 0.29) is 12.5 Å². The van der Waals surface area contributed by atoms with Gasteiger partial charge in [0.1, 0.15) is 11.3 Å². The van der Waals surface area contributed by atoms with Crippen molar-refractivity contribution in [2.24, 2.45) is 0 Å². The predicted octanol–water partition coefficient (Wildman–Crippen LogP) is 4.82. The second-order valence-corrected chi connectivity index (χ2v) is 8.21. The fourth-order valence-corrected chi connectivity index (χ4v) is 3.90. The molecule has 4 rings (SSSR count). The second-order valence-electron chi connectivity index (χ2n) is 6.68. The highest BCUT2D eigenvalue weighted by Gasteiger charge is 2.09. The highest BCUT2D eigenvalue weighted by atomic mass is 35.5. The van der Waals surface area contributed by atoms with Gasteiger partial charge in [-0.05, 0) is 42.3 Å². The summed E-state index contributed by atoms with van der Waals surface area (Å²) in [6.07, 6.45) is 2.42. The average Bonchev–Trinajstić information content (AvgIpc) is 3.15. The largest absolute Gasteiger partial charge is 0.484 e. The number of halogens is 1. The number of thiazole rings is 1. The first-order valence-electron chi connectivity index (χ1n) is 9.12. The van der Waals surface area contributed by atoms with Gasteiger partial charge < -0.3 is 9.15 Å². The summed E-state index contributed by atoms with van der Waals surface area (Å²) in [7, 11) is 0. The van der Waals surface area contributed by atoms with E-state index in [1.807, 2.05) is 25.1 Å². The molecule has 0 aliphatic heterocycles. The maximum atomic E-state index is 12.2. The van der Waals surface area contributed by atoms with Gasteiger partial charge in [-0.1, -0.05) is 23.7 Å². The van der Waals surface area contributed by atoms with E-state index < -0.39 is 5.63 Å². The molecule has 0 saturated carbocycles. The number of carbonyl (C=O) groups excluding carboxylic acids is 1.